The molecular weight excluding hydrogens is 194 g/mol. The Labute approximate surface area is 81.5 Å². The fourth-order valence-electron chi connectivity index (χ4n) is 0.715. The third kappa shape index (κ3) is 3.09. The van der Waals surface area contributed by atoms with E-state index in [2.05, 4.69) is 4.98 Å². The van der Waals surface area contributed by atoms with Crippen molar-refractivity contribution in [1.82, 2.24) is 4.98 Å². The fraction of sp³-hybridized carbons (Fsp3) is 0.625. The first kappa shape index (κ1) is 9.96. The van der Waals surface area contributed by atoms with Crippen LogP contribution in [-0.4, -0.2) is 11.1 Å². The number of thiazole rings is 1. The van der Waals surface area contributed by atoms with E-state index in [0.717, 1.165) is 10.7 Å². The molecule has 1 heterocycles. The highest BCUT2D eigenvalue weighted by Crippen LogP contribution is 2.12. The van der Waals surface area contributed by atoms with E-state index in [4.69, 9.17) is 16.3 Å². The van der Waals surface area contributed by atoms with Crippen LogP contribution in [0.5, 0.6) is 0 Å². The molecule has 0 N–H and O–H groups in total. The van der Waals surface area contributed by atoms with Crippen molar-refractivity contribution < 1.29 is 4.74 Å². The largest absolute Gasteiger partial charge is 0.372 e. The second-order valence-corrected chi connectivity index (χ2v) is 3.94. The summed E-state index contributed by atoms with van der Waals surface area (Å²) in [6, 6.07) is 0. The Bertz CT molecular complexity index is 237. The molecule has 0 radical (unpaired) electrons. The topological polar surface area (TPSA) is 22.1 Å². The van der Waals surface area contributed by atoms with Gasteiger partial charge in [0.05, 0.1) is 24.3 Å². The number of ether oxygens (including phenoxy) is 1. The van der Waals surface area contributed by atoms with Gasteiger partial charge in [0.2, 0.25) is 0 Å². The second kappa shape index (κ2) is 4.80. The molecule has 0 aliphatic carbocycles. The minimum absolute atomic E-state index is 0.258. The molecule has 1 rings (SSSR count). The summed E-state index contributed by atoms with van der Waals surface area (Å²) in [7, 11) is 0. The summed E-state index contributed by atoms with van der Waals surface area (Å²) in [6.45, 7) is 4.62. The number of alkyl halides is 1. The Morgan fingerprint density at radius 3 is 2.92 bits per heavy atom. The van der Waals surface area contributed by atoms with Crippen LogP contribution < -0.4 is 0 Å². The van der Waals surface area contributed by atoms with E-state index in [1.54, 1.807) is 11.3 Å². The van der Waals surface area contributed by atoms with E-state index in [9.17, 15) is 0 Å². The summed E-state index contributed by atoms with van der Waals surface area (Å²) in [5.74, 6) is 0.484. The van der Waals surface area contributed by atoms with Gasteiger partial charge in [-0.3, -0.25) is 0 Å². The molecule has 68 valence electrons. The molecule has 1 aromatic heterocycles. The van der Waals surface area contributed by atoms with Crippen LogP contribution in [0.3, 0.4) is 0 Å². The zero-order valence-electron chi connectivity index (χ0n) is 7.21. The highest BCUT2D eigenvalue weighted by atomic mass is 35.5. The highest BCUT2D eigenvalue weighted by Gasteiger charge is 2.01. The molecule has 2 nitrogen and oxygen atoms in total. The number of hydrogen-bond acceptors (Lipinski definition) is 3. The molecule has 0 saturated carbocycles. The Morgan fingerprint density at radius 1 is 1.67 bits per heavy atom. The van der Waals surface area contributed by atoms with Gasteiger partial charge in [0, 0.05) is 5.38 Å². The minimum Gasteiger partial charge on any atom is -0.372 e. The van der Waals surface area contributed by atoms with Crippen molar-refractivity contribution in [3.05, 3.63) is 16.1 Å². The SMILES string of the molecule is CC(C)OCc1nc(CCl)cs1. The average molecular weight is 206 g/mol. The molecule has 12 heavy (non-hydrogen) atoms. The summed E-state index contributed by atoms with van der Waals surface area (Å²) in [4.78, 5) is 4.26. The summed E-state index contributed by atoms with van der Waals surface area (Å²) in [5, 5.41) is 2.96. The predicted molar refractivity (Wildman–Crippen MR) is 51.6 cm³/mol. The van der Waals surface area contributed by atoms with E-state index in [1.165, 1.54) is 0 Å². The molecule has 1 aromatic rings. The number of halogens is 1. The Kier molecular flexibility index (Phi) is 3.98. The minimum atomic E-state index is 0.258. The first-order valence-electron chi connectivity index (χ1n) is 3.83. The van der Waals surface area contributed by atoms with Gasteiger partial charge in [-0.2, -0.15) is 0 Å². The van der Waals surface area contributed by atoms with Crippen LogP contribution in [-0.2, 0) is 17.2 Å². The van der Waals surface area contributed by atoms with Gasteiger partial charge in [0.25, 0.3) is 0 Å². The van der Waals surface area contributed by atoms with Gasteiger partial charge in [0.1, 0.15) is 5.01 Å². The Hall–Kier alpha value is -0.120. The lowest BCUT2D eigenvalue weighted by atomic mass is 10.5. The second-order valence-electron chi connectivity index (χ2n) is 2.73. The van der Waals surface area contributed by atoms with Crippen molar-refractivity contribution in [2.75, 3.05) is 0 Å². The zero-order chi connectivity index (χ0) is 8.97. The van der Waals surface area contributed by atoms with Gasteiger partial charge in [-0.05, 0) is 13.8 Å². The first-order chi connectivity index (χ1) is 5.72. The van der Waals surface area contributed by atoms with Crippen molar-refractivity contribution in [3.8, 4) is 0 Å². The average Bonchev–Trinajstić information content (AvgIpc) is 2.48. The molecule has 0 aliphatic heterocycles. The van der Waals surface area contributed by atoms with Crippen molar-refractivity contribution >= 4 is 22.9 Å². The molecule has 4 heteroatoms. The van der Waals surface area contributed by atoms with Gasteiger partial charge < -0.3 is 4.74 Å². The van der Waals surface area contributed by atoms with E-state index in [1.807, 2.05) is 19.2 Å². The van der Waals surface area contributed by atoms with Gasteiger partial charge >= 0.3 is 0 Å². The standard InChI is InChI=1S/C8H12ClNOS/c1-6(2)11-4-8-10-7(3-9)5-12-8/h5-6H,3-4H2,1-2H3. The van der Waals surface area contributed by atoms with E-state index in [-0.39, 0.29) is 6.10 Å². The van der Waals surface area contributed by atoms with Crippen molar-refractivity contribution in [2.45, 2.75) is 32.4 Å². The van der Waals surface area contributed by atoms with Gasteiger partial charge in [-0.15, -0.1) is 22.9 Å². The lowest BCUT2D eigenvalue weighted by Gasteiger charge is -2.03. The normalized spacial score (nSPS) is 11.0. The summed E-state index contributed by atoms with van der Waals surface area (Å²) in [5.41, 5.74) is 0.934. The maximum absolute atomic E-state index is 5.61. The molecule has 0 aromatic carbocycles. The van der Waals surface area contributed by atoms with Crippen LogP contribution in [0, 0.1) is 0 Å². The van der Waals surface area contributed by atoms with Gasteiger partial charge in [-0.25, -0.2) is 4.98 Å². The third-order valence-electron chi connectivity index (χ3n) is 1.28. The number of aromatic nitrogens is 1. The smallest absolute Gasteiger partial charge is 0.119 e. The maximum Gasteiger partial charge on any atom is 0.119 e. The summed E-state index contributed by atoms with van der Waals surface area (Å²) < 4.78 is 5.39. The highest BCUT2D eigenvalue weighted by molar-refractivity contribution is 7.09. The quantitative estimate of drug-likeness (QED) is 0.706. The van der Waals surface area contributed by atoms with Crippen LogP contribution in [0.4, 0.5) is 0 Å². The van der Waals surface area contributed by atoms with Crippen molar-refractivity contribution in [3.63, 3.8) is 0 Å². The molecule has 0 bridgehead atoms. The zero-order valence-corrected chi connectivity index (χ0v) is 8.78. The van der Waals surface area contributed by atoms with E-state index < -0.39 is 0 Å². The monoisotopic (exact) mass is 205 g/mol. The molecule has 0 unspecified atom stereocenters. The van der Waals surface area contributed by atoms with Crippen LogP contribution in [0.1, 0.15) is 24.5 Å². The van der Waals surface area contributed by atoms with Crippen LogP contribution in [0.2, 0.25) is 0 Å². The van der Waals surface area contributed by atoms with Crippen LogP contribution in [0.15, 0.2) is 5.38 Å². The number of nitrogens with zero attached hydrogens (tertiary/aromatic N) is 1. The molecular formula is C8H12ClNOS. The van der Waals surface area contributed by atoms with E-state index >= 15 is 0 Å². The molecule has 0 amide bonds. The Morgan fingerprint density at radius 2 is 2.42 bits per heavy atom. The third-order valence-corrected chi connectivity index (χ3v) is 2.42. The molecule has 0 fully saturated rings. The maximum atomic E-state index is 5.61. The molecule has 0 aliphatic rings. The first-order valence-corrected chi connectivity index (χ1v) is 5.24. The summed E-state index contributed by atoms with van der Waals surface area (Å²) >= 11 is 7.20. The van der Waals surface area contributed by atoms with Gasteiger partial charge in [0.15, 0.2) is 0 Å². The fourth-order valence-corrected chi connectivity index (χ4v) is 1.66. The van der Waals surface area contributed by atoms with Gasteiger partial charge in [-0.1, -0.05) is 0 Å². The molecule has 0 saturated heterocycles. The van der Waals surface area contributed by atoms with E-state index in [0.29, 0.717) is 12.5 Å². The molecule has 0 spiro atoms. The Balaban J connectivity index is 2.41. The lowest BCUT2D eigenvalue weighted by Crippen LogP contribution is -2.01. The molecule has 0 atom stereocenters. The van der Waals surface area contributed by atoms with Crippen LogP contribution in [0.25, 0.3) is 0 Å². The number of hydrogen-bond donors (Lipinski definition) is 0. The number of rotatable bonds is 4. The summed E-state index contributed by atoms with van der Waals surface area (Å²) in [6.07, 6.45) is 0.258. The van der Waals surface area contributed by atoms with Crippen molar-refractivity contribution in [1.29, 1.82) is 0 Å². The van der Waals surface area contributed by atoms with Crippen LogP contribution >= 0.6 is 22.9 Å². The van der Waals surface area contributed by atoms with Crippen molar-refractivity contribution in [2.24, 2.45) is 0 Å². The predicted octanol–water partition coefficient (Wildman–Crippen LogP) is 2.81. The lowest BCUT2D eigenvalue weighted by molar-refractivity contribution is 0.0655.